The van der Waals surface area contributed by atoms with Gasteiger partial charge in [0, 0.05) is 11.5 Å². The predicted octanol–water partition coefficient (Wildman–Crippen LogP) is 2.71. The molecule has 2 fully saturated rings. The molecule has 7 heteroatoms. The monoisotopic (exact) mass is 385 g/mol. The van der Waals surface area contributed by atoms with Crippen molar-refractivity contribution >= 4 is 35.2 Å². The smallest absolute Gasteiger partial charge is 0.414 e. The van der Waals surface area contributed by atoms with E-state index < -0.39 is 12.0 Å². The number of nitrogens with one attached hydrogen (secondary N) is 2. The first-order valence-electron chi connectivity index (χ1n) is 8.82. The van der Waals surface area contributed by atoms with Crippen molar-refractivity contribution in [2.45, 2.75) is 38.1 Å². The number of rotatable bonds is 3. The quantitative estimate of drug-likeness (QED) is 0.840. The molecule has 0 radical (unpaired) electrons. The zero-order valence-corrected chi connectivity index (χ0v) is 15.5. The van der Waals surface area contributed by atoms with E-state index in [2.05, 4.69) is 5.32 Å². The van der Waals surface area contributed by atoms with E-state index in [1.807, 2.05) is 0 Å². The topological polar surface area (TPSA) is 59.8 Å². The Morgan fingerprint density at radius 2 is 1.92 bits per heavy atom. The third kappa shape index (κ3) is 4.66. The number of benzene rings is 1. The number of piperidine rings is 2. The van der Waals surface area contributed by atoms with E-state index >= 15 is 0 Å². The zero-order valence-electron chi connectivity index (χ0n) is 14.0. The molecule has 2 saturated heterocycles. The standard InChI is InChI=1S/C18H22Cl2N2O3/c19-14-7-6-12(10-15(14)20)17(23)21-18(24)25-11-13-4-3-9-22-8-2-1-5-16(13)22/h6-7,10,13,16H,1-5,8-9,11H2,(H,21,23,24)/p+1/t13-,16+/m1/s1. The summed E-state index contributed by atoms with van der Waals surface area (Å²) in [6.45, 7) is 2.82. The number of carbonyl (C=O) groups excluding carboxylic acids is 2. The fourth-order valence-electron chi connectivity index (χ4n) is 4.00. The Balaban J connectivity index is 1.50. The van der Waals surface area contributed by atoms with Gasteiger partial charge in [0.15, 0.2) is 0 Å². The second-order valence-corrected chi connectivity index (χ2v) is 7.66. The van der Waals surface area contributed by atoms with E-state index in [1.165, 1.54) is 57.0 Å². The highest BCUT2D eigenvalue weighted by Crippen LogP contribution is 2.23. The van der Waals surface area contributed by atoms with Crippen LogP contribution >= 0.6 is 23.2 Å². The molecule has 2 amide bonds. The SMILES string of the molecule is O=C(NC(=O)c1ccc(Cl)c(Cl)c1)OC[C@H]1CCC[NH+]2CCCC[C@@H]12. The van der Waals surface area contributed by atoms with Crippen LogP contribution in [0.15, 0.2) is 18.2 Å². The van der Waals surface area contributed by atoms with Crippen LogP contribution in [0, 0.1) is 5.92 Å². The molecule has 0 spiro atoms. The van der Waals surface area contributed by atoms with E-state index in [0.29, 0.717) is 23.6 Å². The van der Waals surface area contributed by atoms with Crippen LogP contribution in [-0.2, 0) is 4.74 Å². The predicted molar refractivity (Wildman–Crippen MR) is 96.3 cm³/mol. The molecule has 1 aromatic carbocycles. The summed E-state index contributed by atoms with van der Waals surface area (Å²) in [5.74, 6) is -0.160. The molecular weight excluding hydrogens is 363 g/mol. The van der Waals surface area contributed by atoms with E-state index in [9.17, 15) is 9.59 Å². The molecule has 3 rings (SSSR count). The third-order valence-electron chi connectivity index (χ3n) is 5.26. The molecule has 2 N–H and O–H groups in total. The van der Waals surface area contributed by atoms with Gasteiger partial charge in [0.1, 0.15) is 6.61 Å². The highest BCUT2D eigenvalue weighted by molar-refractivity contribution is 6.42. The second-order valence-electron chi connectivity index (χ2n) is 6.84. The highest BCUT2D eigenvalue weighted by atomic mass is 35.5. The minimum atomic E-state index is -0.709. The highest BCUT2D eigenvalue weighted by Gasteiger charge is 2.37. The van der Waals surface area contributed by atoms with Crippen molar-refractivity contribution in [3.8, 4) is 0 Å². The van der Waals surface area contributed by atoms with Crippen LogP contribution in [0.4, 0.5) is 4.79 Å². The van der Waals surface area contributed by atoms with Crippen LogP contribution in [-0.4, -0.2) is 37.7 Å². The van der Waals surface area contributed by atoms with Gasteiger partial charge in [-0.05, 0) is 50.3 Å². The number of imide groups is 1. The number of hydrogen-bond donors (Lipinski definition) is 2. The lowest BCUT2D eigenvalue weighted by atomic mass is 9.84. The average molecular weight is 386 g/mol. The normalized spacial score (nSPS) is 25.8. The molecule has 1 unspecified atom stereocenters. The first-order chi connectivity index (χ1) is 12.0. The number of ether oxygens (including phenoxy) is 1. The van der Waals surface area contributed by atoms with Crippen LogP contribution in [0.25, 0.3) is 0 Å². The Bertz CT molecular complexity index is 651. The lowest BCUT2D eigenvalue weighted by molar-refractivity contribution is -0.940. The van der Waals surface area contributed by atoms with Crippen molar-refractivity contribution in [2.75, 3.05) is 19.7 Å². The van der Waals surface area contributed by atoms with Gasteiger partial charge < -0.3 is 9.64 Å². The Labute approximate surface area is 157 Å². The van der Waals surface area contributed by atoms with Crippen LogP contribution in [0.5, 0.6) is 0 Å². The Kier molecular flexibility index (Phi) is 6.20. The Morgan fingerprint density at radius 1 is 1.12 bits per heavy atom. The maximum Gasteiger partial charge on any atom is 0.414 e. The maximum atomic E-state index is 12.1. The number of alkyl carbamates (subject to hydrolysis) is 1. The largest absolute Gasteiger partial charge is 0.449 e. The number of fused-ring (bicyclic) bond motifs is 1. The van der Waals surface area contributed by atoms with E-state index in [4.69, 9.17) is 27.9 Å². The van der Waals surface area contributed by atoms with Gasteiger partial charge in [-0.25, -0.2) is 4.79 Å². The van der Waals surface area contributed by atoms with E-state index in [0.717, 1.165) is 6.42 Å². The summed E-state index contributed by atoms with van der Waals surface area (Å²) in [6, 6.07) is 5.05. The first kappa shape index (κ1) is 18.5. The lowest BCUT2D eigenvalue weighted by Crippen LogP contribution is -3.18. The number of carbonyl (C=O) groups is 2. The summed E-state index contributed by atoms with van der Waals surface area (Å²) in [5, 5.41) is 2.87. The van der Waals surface area contributed by atoms with Gasteiger partial charge in [-0.2, -0.15) is 0 Å². The van der Waals surface area contributed by atoms with Crippen LogP contribution < -0.4 is 10.2 Å². The van der Waals surface area contributed by atoms with Crippen molar-refractivity contribution in [1.82, 2.24) is 5.32 Å². The molecule has 136 valence electrons. The molecule has 0 aromatic heterocycles. The number of amides is 2. The summed E-state index contributed by atoms with van der Waals surface area (Å²) in [5.41, 5.74) is 0.270. The first-order valence-corrected chi connectivity index (χ1v) is 9.58. The molecule has 0 bridgehead atoms. The van der Waals surface area contributed by atoms with Crippen molar-refractivity contribution in [3.63, 3.8) is 0 Å². The van der Waals surface area contributed by atoms with Gasteiger partial charge in [0.05, 0.1) is 29.2 Å². The van der Waals surface area contributed by atoms with Gasteiger partial charge in [-0.3, -0.25) is 10.1 Å². The molecule has 0 saturated carbocycles. The van der Waals surface area contributed by atoms with Gasteiger partial charge in [0.2, 0.25) is 0 Å². The van der Waals surface area contributed by atoms with Crippen LogP contribution in [0.3, 0.4) is 0 Å². The van der Waals surface area contributed by atoms with Crippen LogP contribution in [0.1, 0.15) is 42.5 Å². The van der Waals surface area contributed by atoms with E-state index in [-0.39, 0.29) is 10.6 Å². The minimum absolute atomic E-state index is 0.269. The minimum Gasteiger partial charge on any atom is -0.449 e. The molecule has 2 heterocycles. The number of hydrogen-bond acceptors (Lipinski definition) is 3. The zero-order chi connectivity index (χ0) is 17.8. The summed E-state index contributed by atoms with van der Waals surface area (Å²) in [4.78, 5) is 25.7. The molecule has 5 nitrogen and oxygen atoms in total. The molecule has 3 atom stereocenters. The van der Waals surface area contributed by atoms with Crippen LogP contribution in [0.2, 0.25) is 10.0 Å². The van der Waals surface area contributed by atoms with Gasteiger partial charge in [-0.15, -0.1) is 0 Å². The molecule has 0 aliphatic carbocycles. The number of halogens is 2. The summed E-state index contributed by atoms with van der Waals surface area (Å²) >= 11 is 11.7. The van der Waals surface area contributed by atoms with Crippen molar-refractivity contribution in [2.24, 2.45) is 5.92 Å². The third-order valence-corrected chi connectivity index (χ3v) is 5.99. The molecule has 25 heavy (non-hydrogen) atoms. The van der Waals surface area contributed by atoms with Crippen molar-refractivity contribution in [3.05, 3.63) is 33.8 Å². The molecular formula is C18H23Cl2N2O3+. The number of quaternary nitrogens is 1. The fourth-order valence-corrected chi connectivity index (χ4v) is 4.30. The Morgan fingerprint density at radius 3 is 2.72 bits per heavy atom. The maximum absolute atomic E-state index is 12.1. The molecule has 1 aromatic rings. The molecule has 2 aliphatic rings. The van der Waals surface area contributed by atoms with E-state index in [1.54, 1.807) is 4.90 Å². The molecule has 2 aliphatic heterocycles. The lowest BCUT2D eigenvalue weighted by Gasteiger charge is -2.40. The summed E-state index contributed by atoms with van der Waals surface area (Å²) in [6.07, 6.45) is 5.29. The van der Waals surface area contributed by atoms with Crippen molar-refractivity contribution < 1.29 is 19.2 Å². The summed E-state index contributed by atoms with van der Waals surface area (Å²) < 4.78 is 5.33. The van der Waals surface area contributed by atoms with Gasteiger partial charge in [-0.1, -0.05) is 23.2 Å². The van der Waals surface area contributed by atoms with Gasteiger partial charge in [0.25, 0.3) is 5.91 Å². The van der Waals surface area contributed by atoms with Gasteiger partial charge >= 0.3 is 6.09 Å². The fraction of sp³-hybridized carbons (Fsp3) is 0.556. The summed E-state index contributed by atoms with van der Waals surface area (Å²) in [7, 11) is 0. The average Bonchev–Trinajstić information content (AvgIpc) is 2.62. The second kappa shape index (κ2) is 8.39. The Hall–Kier alpha value is -1.30. The van der Waals surface area contributed by atoms with Crippen molar-refractivity contribution in [1.29, 1.82) is 0 Å².